The van der Waals surface area contributed by atoms with E-state index in [-0.39, 0.29) is 23.7 Å². The van der Waals surface area contributed by atoms with Crippen LogP contribution < -0.4 is 10.6 Å². The maximum absolute atomic E-state index is 11.8. The normalized spacial score (nSPS) is 11.0. The van der Waals surface area contributed by atoms with Crippen LogP contribution in [0.15, 0.2) is 0 Å². The van der Waals surface area contributed by atoms with Gasteiger partial charge in [-0.15, -0.1) is 0 Å². The fourth-order valence-electron chi connectivity index (χ4n) is 2.81. The smallest absolute Gasteiger partial charge is 0.223 e. The molecular formula is C19H38N2O2. The molecule has 0 aliphatic carbocycles. The minimum absolute atomic E-state index is 0.175. The lowest BCUT2D eigenvalue weighted by molar-refractivity contribution is -0.125. The van der Waals surface area contributed by atoms with E-state index in [9.17, 15) is 9.59 Å². The number of amides is 2. The van der Waals surface area contributed by atoms with E-state index in [1.165, 1.54) is 6.42 Å². The van der Waals surface area contributed by atoms with Gasteiger partial charge in [0.15, 0.2) is 0 Å². The predicted octanol–water partition coefficient (Wildman–Crippen LogP) is 4.04. The van der Waals surface area contributed by atoms with Gasteiger partial charge in [-0.05, 0) is 38.5 Å². The van der Waals surface area contributed by atoms with Crippen molar-refractivity contribution in [1.29, 1.82) is 0 Å². The molecule has 0 saturated heterocycles. The van der Waals surface area contributed by atoms with Crippen molar-refractivity contribution in [1.82, 2.24) is 10.6 Å². The van der Waals surface area contributed by atoms with Gasteiger partial charge in [-0.3, -0.25) is 9.59 Å². The second kappa shape index (κ2) is 14.5. The van der Waals surface area contributed by atoms with Crippen molar-refractivity contribution in [3.63, 3.8) is 0 Å². The second-order valence-corrected chi connectivity index (χ2v) is 6.38. The zero-order valence-corrected chi connectivity index (χ0v) is 15.7. The summed E-state index contributed by atoms with van der Waals surface area (Å²) in [5.41, 5.74) is 0. The molecule has 0 aliphatic heterocycles. The Bertz CT molecular complexity index is 280. The van der Waals surface area contributed by atoms with Gasteiger partial charge in [0.2, 0.25) is 11.8 Å². The molecule has 4 nitrogen and oxygen atoms in total. The van der Waals surface area contributed by atoms with Crippen LogP contribution in [0.5, 0.6) is 0 Å². The Labute approximate surface area is 143 Å². The first kappa shape index (κ1) is 21.9. The summed E-state index contributed by atoms with van der Waals surface area (Å²) in [5.74, 6) is 0.764. The van der Waals surface area contributed by atoms with Crippen LogP contribution in [0.4, 0.5) is 0 Å². The minimum Gasteiger partial charge on any atom is -0.356 e. The summed E-state index contributed by atoms with van der Waals surface area (Å²) in [5, 5.41) is 6.06. The third-order valence-corrected chi connectivity index (χ3v) is 4.66. The Kier molecular flexibility index (Phi) is 13.9. The number of rotatable bonds is 14. The van der Waals surface area contributed by atoms with Gasteiger partial charge >= 0.3 is 0 Å². The van der Waals surface area contributed by atoms with E-state index < -0.39 is 0 Å². The molecule has 0 bridgehead atoms. The summed E-state index contributed by atoms with van der Waals surface area (Å²) in [6.45, 7) is 9.85. The Morgan fingerprint density at radius 1 is 0.609 bits per heavy atom. The van der Waals surface area contributed by atoms with Gasteiger partial charge in [0.25, 0.3) is 0 Å². The lowest BCUT2D eigenvalue weighted by Crippen LogP contribution is -2.31. The highest BCUT2D eigenvalue weighted by atomic mass is 16.2. The molecule has 0 heterocycles. The number of hydrogen-bond acceptors (Lipinski definition) is 2. The first-order valence-electron chi connectivity index (χ1n) is 9.65. The quantitative estimate of drug-likeness (QED) is 0.473. The van der Waals surface area contributed by atoms with E-state index in [0.29, 0.717) is 0 Å². The highest BCUT2D eigenvalue weighted by Crippen LogP contribution is 2.08. The fourth-order valence-corrected chi connectivity index (χ4v) is 2.81. The predicted molar refractivity (Wildman–Crippen MR) is 97.2 cm³/mol. The Balaban J connectivity index is 3.47. The second-order valence-electron chi connectivity index (χ2n) is 6.38. The van der Waals surface area contributed by atoms with Crippen molar-refractivity contribution >= 4 is 11.8 Å². The molecule has 0 atom stereocenters. The first-order valence-corrected chi connectivity index (χ1v) is 9.65. The summed E-state index contributed by atoms with van der Waals surface area (Å²) in [4.78, 5) is 23.6. The van der Waals surface area contributed by atoms with E-state index in [4.69, 9.17) is 0 Å². The molecule has 0 aromatic carbocycles. The van der Waals surface area contributed by atoms with Crippen LogP contribution in [0.25, 0.3) is 0 Å². The first-order chi connectivity index (χ1) is 11.1. The average Bonchev–Trinajstić information content (AvgIpc) is 2.55. The van der Waals surface area contributed by atoms with Gasteiger partial charge in [-0.2, -0.15) is 0 Å². The van der Waals surface area contributed by atoms with E-state index in [1.807, 2.05) is 0 Å². The molecule has 0 spiro atoms. The molecule has 0 radical (unpaired) electrons. The minimum atomic E-state index is 0.175. The average molecular weight is 327 g/mol. The highest BCUT2D eigenvalue weighted by Gasteiger charge is 2.13. The molecule has 0 rings (SSSR count). The number of carbonyl (C=O) groups is 2. The van der Waals surface area contributed by atoms with Crippen LogP contribution in [0.2, 0.25) is 0 Å². The largest absolute Gasteiger partial charge is 0.356 e. The molecule has 0 aromatic heterocycles. The number of nitrogens with one attached hydrogen (secondary N) is 2. The van der Waals surface area contributed by atoms with E-state index in [2.05, 4.69) is 38.3 Å². The third kappa shape index (κ3) is 10.4. The van der Waals surface area contributed by atoms with Crippen molar-refractivity contribution in [3.8, 4) is 0 Å². The van der Waals surface area contributed by atoms with Crippen molar-refractivity contribution in [2.45, 2.75) is 85.5 Å². The summed E-state index contributed by atoms with van der Waals surface area (Å²) in [7, 11) is 0. The van der Waals surface area contributed by atoms with Crippen LogP contribution in [0.1, 0.15) is 85.5 Å². The van der Waals surface area contributed by atoms with E-state index >= 15 is 0 Å². The number of hydrogen-bond donors (Lipinski definition) is 2. The Morgan fingerprint density at radius 2 is 0.913 bits per heavy atom. The molecule has 23 heavy (non-hydrogen) atoms. The molecule has 0 aliphatic rings. The zero-order chi connectivity index (χ0) is 17.5. The number of carbonyl (C=O) groups excluding carboxylic acids is 2. The molecule has 0 fully saturated rings. The van der Waals surface area contributed by atoms with E-state index in [1.54, 1.807) is 0 Å². The van der Waals surface area contributed by atoms with Gasteiger partial charge in [-0.1, -0.05) is 47.0 Å². The molecule has 0 unspecified atom stereocenters. The molecule has 4 heteroatoms. The lowest BCUT2D eigenvalue weighted by atomic mass is 10.0. The van der Waals surface area contributed by atoms with Gasteiger partial charge in [0.05, 0.1) is 0 Å². The summed E-state index contributed by atoms with van der Waals surface area (Å²) < 4.78 is 0. The van der Waals surface area contributed by atoms with Crippen molar-refractivity contribution in [2.24, 2.45) is 11.8 Å². The summed E-state index contributed by atoms with van der Waals surface area (Å²) in [6.07, 6.45) is 9.24. The van der Waals surface area contributed by atoms with Gasteiger partial charge in [0, 0.05) is 24.9 Å². The van der Waals surface area contributed by atoms with Crippen molar-refractivity contribution in [3.05, 3.63) is 0 Å². The third-order valence-electron chi connectivity index (χ3n) is 4.66. The van der Waals surface area contributed by atoms with Crippen LogP contribution in [-0.4, -0.2) is 24.9 Å². The zero-order valence-electron chi connectivity index (χ0n) is 15.7. The maximum Gasteiger partial charge on any atom is 0.223 e. The molecule has 0 saturated carbocycles. The van der Waals surface area contributed by atoms with Crippen molar-refractivity contribution < 1.29 is 9.59 Å². The summed E-state index contributed by atoms with van der Waals surface area (Å²) >= 11 is 0. The van der Waals surface area contributed by atoms with Gasteiger partial charge in [-0.25, -0.2) is 0 Å². The van der Waals surface area contributed by atoms with Crippen LogP contribution in [0.3, 0.4) is 0 Å². The lowest BCUT2D eigenvalue weighted by Gasteiger charge is -2.13. The number of unbranched alkanes of at least 4 members (excludes halogenated alkanes) is 4. The van der Waals surface area contributed by atoms with E-state index in [0.717, 1.165) is 64.5 Å². The molecule has 2 N–H and O–H groups in total. The van der Waals surface area contributed by atoms with Crippen LogP contribution in [0, 0.1) is 11.8 Å². The standard InChI is InChI=1S/C19H38N2O2/c1-5-16(6-2)18(22)20-14-12-10-9-11-13-15-21-19(23)17(7-3)8-4/h16-17H,5-15H2,1-4H3,(H,20,22)(H,21,23). The van der Waals surface area contributed by atoms with Crippen LogP contribution >= 0.6 is 0 Å². The van der Waals surface area contributed by atoms with Gasteiger partial charge < -0.3 is 10.6 Å². The summed E-state index contributed by atoms with van der Waals surface area (Å²) in [6, 6.07) is 0. The van der Waals surface area contributed by atoms with Crippen LogP contribution in [-0.2, 0) is 9.59 Å². The molecular weight excluding hydrogens is 288 g/mol. The topological polar surface area (TPSA) is 58.2 Å². The van der Waals surface area contributed by atoms with Crippen molar-refractivity contribution in [2.75, 3.05) is 13.1 Å². The molecule has 2 amide bonds. The SMILES string of the molecule is CCC(CC)C(=O)NCCCCCCCNC(=O)C(CC)CC. The molecule has 136 valence electrons. The monoisotopic (exact) mass is 326 g/mol. The fraction of sp³-hybridized carbons (Fsp3) is 0.895. The maximum atomic E-state index is 11.8. The Morgan fingerprint density at radius 3 is 1.22 bits per heavy atom. The van der Waals surface area contributed by atoms with Gasteiger partial charge in [0.1, 0.15) is 0 Å². The Hall–Kier alpha value is -1.06. The highest BCUT2D eigenvalue weighted by molar-refractivity contribution is 5.78. The molecule has 0 aromatic rings.